The van der Waals surface area contributed by atoms with Crippen molar-refractivity contribution in [2.75, 3.05) is 19.6 Å². The Kier molecular flexibility index (Phi) is 4.61. The quantitative estimate of drug-likeness (QED) is 0.684. The average Bonchev–Trinajstić information content (AvgIpc) is 2.95. The highest BCUT2D eigenvalue weighted by atomic mass is 35.5. The lowest BCUT2D eigenvalue weighted by atomic mass is 10.1. The molecular formula is C15H18ClN5O2. The first-order valence-electron chi connectivity index (χ1n) is 7.41. The van der Waals surface area contributed by atoms with E-state index < -0.39 is 4.92 Å². The van der Waals surface area contributed by atoms with E-state index in [9.17, 15) is 10.1 Å². The summed E-state index contributed by atoms with van der Waals surface area (Å²) in [5, 5.41) is 14.6. The monoisotopic (exact) mass is 335 g/mol. The van der Waals surface area contributed by atoms with E-state index in [4.69, 9.17) is 11.6 Å². The number of halogens is 1. The van der Waals surface area contributed by atoms with E-state index in [1.807, 2.05) is 17.8 Å². The smallest absolute Gasteiger partial charge is 0.270 e. The second kappa shape index (κ2) is 6.66. The molecule has 2 heterocycles. The zero-order valence-corrected chi connectivity index (χ0v) is 13.5. The summed E-state index contributed by atoms with van der Waals surface area (Å²) in [4.78, 5) is 17.1. The molecular weight excluding hydrogens is 318 g/mol. The lowest BCUT2D eigenvalue weighted by Gasteiger charge is -2.35. The molecule has 122 valence electrons. The van der Waals surface area contributed by atoms with E-state index in [1.165, 1.54) is 12.1 Å². The van der Waals surface area contributed by atoms with Crippen molar-refractivity contribution in [2.24, 2.45) is 7.05 Å². The number of hydrogen-bond donors (Lipinski definition) is 1. The highest BCUT2D eigenvalue weighted by Crippen LogP contribution is 2.27. The van der Waals surface area contributed by atoms with Crippen molar-refractivity contribution < 1.29 is 4.92 Å². The molecule has 23 heavy (non-hydrogen) atoms. The highest BCUT2D eigenvalue weighted by Gasteiger charge is 2.27. The summed E-state index contributed by atoms with van der Waals surface area (Å²) in [7, 11) is 1.98. The summed E-state index contributed by atoms with van der Waals surface area (Å²) >= 11 is 6.23. The lowest BCUT2D eigenvalue weighted by molar-refractivity contribution is -0.384. The molecule has 2 aromatic rings. The minimum absolute atomic E-state index is 0.0136. The van der Waals surface area contributed by atoms with Gasteiger partial charge in [-0.1, -0.05) is 11.6 Å². The summed E-state index contributed by atoms with van der Waals surface area (Å²) in [6.07, 6.45) is 3.72. The Labute approximate surface area is 139 Å². The van der Waals surface area contributed by atoms with Crippen LogP contribution < -0.4 is 5.32 Å². The predicted octanol–water partition coefficient (Wildman–Crippen LogP) is 2.13. The normalized spacial score (nSPS) is 19.0. The molecule has 1 saturated heterocycles. The molecule has 0 radical (unpaired) electrons. The standard InChI is InChI=1S/C15H18ClN5O2/c1-19-6-5-18-15(19)14-9-17-4-7-20(14)10-11-2-3-12(21(22)23)8-13(11)16/h2-3,5-6,8,14,17H,4,7,9-10H2,1H3. The van der Waals surface area contributed by atoms with Gasteiger partial charge in [0.15, 0.2) is 0 Å². The maximum absolute atomic E-state index is 10.8. The number of nitrogens with zero attached hydrogens (tertiary/aromatic N) is 4. The molecule has 3 rings (SSSR count). The number of nitrogens with one attached hydrogen (secondary N) is 1. The molecule has 1 aliphatic rings. The molecule has 7 nitrogen and oxygen atoms in total. The number of aryl methyl sites for hydroxylation is 1. The zero-order chi connectivity index (χ0) is 16.4. The number of imidazole rings is 1. The first kappa shape index (κ1) is 15.9. The summed E-state index contributed by atoms with van der Waals surface area (Å²) in [5.41, 5.74) is 0.901. The van der Waals surface area contributed by atoms with Crippen LogP contribution in [-0.4, -0.2) is 39.0 Å². The van der Waals surface area contributed by atoms with Crippen LogP contribution in [0.5, 0.6) is 0 Å². The van der Waals surface area contributed by atoms with Gasteiger partial charge in [0.25, 0.3) is 5.69 Å². The fourth-order valence-corrected chi connectivity index (χ4v) is 3.12. The van der Waals surface area contributed by atoms with Gasteiger partial charge in [0.1, 0.15) is 5.82 Å². The molecule has 1 atom stereocenters. The van der Waals surface area contributed by atoms with Crippen LogP contribution in [0.25, 0.3) is 0 Å². The fourth-order valence-electron chi connectivity index (χ4n) is 2.89. The Morgan fingerprint density at radius 1 is 1.52 bits per heavy atom. The predicted molar refractivity (Wildman–Crippen MR) is 87.3 cm³/mol. The van der Waals surface area contributed by atoms with Crippen LogP contribution >= 0.6 is 11.6 Å². The van der Waals surface area contributed by atoms with Crippen LogP contribution in [0.4, 0.5) is 5.69 Å². The van der Waals surface area contributed by atoms with Crippen LogP contribution in [0.3, 0.4) is 0 Å². The van der Waals surface area contributed by atoms with Gasteiger partial charge in [-0.2, -0.15) is 0 Å². The lowest BCUT2D eigenvalue weighted by Crippen LogP contribution is -2.46. The van der Waals surface area contributed by atoms with Crippen molar-refractivity contribution in [1.82, 2.24) is 19.8 Å². The molecule has 1 unspecified atom stereocenters. The van der Waals surface area contributed by atoms with E-state index in [1.54, 1.807) is 12.3 Å². The number of aromatic nitrogens is 2. The molecule has 0 spiro atoms. The van der Waals surface area contributed by atoms with Gasteiger partial charge < -0.3 is 9.88 Å². The van der Waals surface area contributed by atoms with E-state index in [-0.39, 0.29) is 11.7 Å². The van der Waals surface area contributed by atoms with Crippen molar-refractivity contribution in [3.05, 3.63) is 57.1 Å². The van der Waals surface area contributed by atoms with Gasteiger partial charge in [-0.05, 0) is 11.6 Å². The largest absolute Gasteiger partial charge is 0.337 e. The molecule has 0 saturated carbocycles. The molecule has 1 aromatic heterocycles. The molecule has 8 heteroatoms. The van der Waals surface area contributed by atoms with Gasteiger partial charge in [0.05, 0.1) is 16.0 Å². The highest BCUT2D eigenvalue weighted by molar-refractivity contribution is 6.31. The molecule has 0 aliphatic carbocycles. The van der Waals surface area contributed by atoms with Crippen molar-refractivity contribution in [1.29, 1.82) is 0 Å². The van der Waals surface area contributed by atoms with Crippen LogP contribution in [0.2, 0.25) is 5.02 Å². The van der Waals surface area contributed by atoms with Gasteiger partial charge in [-0.25, -0.2) is 4.98 Å². The third kappa shape index (κ3) is 3.36. The summed E-state index contributed by atoms with van der Waals surface area (Å²) in [6.45, 7) is 3.21. The Balaban J connectivity index is 1.82. The average molecular weight is 336 g/mol. The summed E-state index contributed by atoms with van der Waals surface area (Å²) in [6, 6.07) is 4.79. The van der Waals surface area contributed by atoms with Crippen LogP contribution in [0.15, 0.2) is 30.6 Å². The second-order valence-electron chi connectivity index (χ2n) is 5.62. The van der Waals surface area contributed by atoms with Crippen LogP contribution in [0, 0.1) is 10.1 Å². The van der Waals surface area contributed by atoms with Crippen molar-refractivity contribution in [3.8, 4) is 0 Å². The number of piperazine rings is 1. The number of nitro groups is 1. The number of nitro benzene ring substituents is 1. The molecule has 0 amide bonds. The van der Waals surface area contributed by atoms with E-state index in [0.29, 0.717) is 11.6 Å². The van der Waals surface area contributed by atoms with E-state index in [2.05, 4.69) is 15.2 Å². The minimum Gasteiger partial charge on any atom is -0.337 e. The number of hydrogen-bond acceptors (Lipinski definition) is 5. The summed E-state index contributed by atoms with van der Waals surface area (Å²) in [5.74, 6) is 0.996. The molecule has 1 N–H and O–H groups in total. The van der Waals surface area contributed by atoms with Gasteiger partial charge in [-0.15, -0.1) is 0 Å². The second-order valence-corrected chi connectivity index (χ2v) is 6.03. The Morgan fingerprint density at radius 3 is 3.00 bits per heavy atom. The maximum Gasteiger partial charge on any atom is 0.270 e. The molecule has 1 aliphatic heterocycles. The Bertz CT molecular complexity index is 718. The third-order valence-electron chi connectivity index (χ3n) is 4.13. The fraction of sp³-hybridized carbons (Fsp3) is 0.400. The number of non-ortho nitro benzene ring substituents is 1. The maximum atomic E-state index is 10.8. The molecule has 1 aromatic carbocycles. The number of benzene rings is 1. The third-order valence-corrected chi connectivity index (χ3v) is 4.48. The first-order chi connectivity index (χ1) is 11.1. The van der Waals surface area contributed by atoms with Crippen molar-refractivity contribution in [2.45, 2.75) is 12.6 Å². The van der Waals surface area contributed by atoms with Crippen molar-refractivity contribution in [3.63, 3.8) is 0 Å². The molecule has 0 bridgehead atoms. The number of rotatable bonds is 4. The van der Waals surface area contributed by atoms with Crippen molar-refractivity contribution >= 4 is 17.3 Å². The zero-order valence-electron chi connectivity index (χ0n) is 12.8. The van der Waals surface area contributed by atoms with Gasteiger partial charge in [-0.3, -0.25) is 15.0 Å². The SMILES string of the molecule is Cn1ccnc1C1CNCCN1Cc1ccc([N+](=O)[O-])cc1Cl. The topological polar surface area (TPSA) is 76.2 Å². The first-order valence-corrected chi connectivity index (χ1v) is 7.79. The van der Waals surface area contributed by atoms with Gasteiger partial charge >= 0.3 is 0 Å². The van der Waals surface area contributed by atoms with Crippen LogP contribution in [0.1, 0.15) is 17.4 Å². The van der Waals surface area contributed by atoms with Crippen LogP contribution in [-0.2, 0) is 13.6 Å². The van der Waals surface area contributed by atoms with Gasteiger partial charge in [0.2, 0.25) is 0 Å². The van der Waals surface area contributed by atoms with E-state index in [0.717, 1.165) is 31.0 Å². The van der Waals surface area contributed by atoms with Gasteiger partial charge in [0, 0.05) is 57.8 Å². The summed E-state index contributed by atoms with van der Waals surface area (Å²) < 4.78 is 2.02. The Hall–Kier alpha value is -1.96. The Morgan fingerprint density at radius 2 is 2.35 bits per heavy atom. The minimum atomic E-state index is -0.433. The van der Waals surface area contributed by atoms with E-state index >= 15 is 0 Å². The molecule has 1 fully saturated rings.